The number of fused-ring (bicyclic) bond motifs is 1. The maximum atomic E-state index is 12.6. The number of carbonyl (C=O) groups excluding carboxylic acids is 4. The Bertz CT molecular complexity index is 988. The Balaban J connectivity index is 1.33. The molecular weight excluding hydrogens is 396 g/mol. The molecule has 0 atom stereocenters. The highest BCUT2D eigenvalue weighted by molar-refractivity contribution is 6.34. The van der Waals surface area contributed by atoms with Crippen molar-refractivity contribution in [2.24, 2.45) is 5.92 Å². The number of hydrogen-bond acceptors (Lipinski definition) is 5. The van der Waals surface area contributed by atoms with Crippen molar-refractivity contribution in [2.45, 2.75) is 38.6 Å². The van der Waals surface area contributed by atoms with Gasteiger partial charge in [-0.25, -0.2) is 9.69 Å². The molecule has 0 bridgehead atoms. The number of amides is 3. The number of rotatable bonds is 5. The quantitative estimate of drug-likeness (QED) is 0.592. The van der Waals surface area contributed by atoms with Crippen LogP contribution in [0.4, 0.5) is 5.69 Å². The Hall–Kier alpha value is -3.48. The summed E-state index contributed by atoms with van der Waals surface area (Å²) >= 11 is 0. The second-order valence-corrected chi connectivity index (χ2v) is 8.14. The maximum absolute atomic E-state index is 12.6. The second kappa shape index (κ2) is 8.71. The van der Waals surface area contributed by atoms with Gasteiger partial charge in [-0.3, -0.25) is 14.4 Å². The normalized spacial score (nSPS) is 20.4. The molecule has 2 aliphatic rings. The lowest BCUT2D eigenvalue weighted by molar-refractivity contribution is -0.125. The minimum atomic E-state index is -0.638. The SMILES string of the molecule is CC1CCC(NC(=O)COC(=O)c2ccc(N3C(=O)c4ccccc4C3=O)cc2)CC1. The molecule has 1 aliphatic heterocycles. The molecule has 0 saturated heterocycles. The summed E-state index contributed by atoms with van der Waals surface area (Å²) in [4.78, 5) is 50.5. The van der Waals surface area contributed by atoms with Crippen molar-refractivity contribution in [2.75, 3.05) is 11.5 Å². The van der Waals surface area contributed by atoms with Crippen LogP contribution in [0.15, 0.2) is 48.5 Å². The van der Waals surface area contributed by atoms with Crippen LogP contribution >= 0.6 is 0 Å². The number of nitrogens with zero attached hydrogens (tertiary/aromatic N) is 1. The molecule has 7 heteroatoms. The monoisotopic (exact) mass is 420 g/mol. The van der Waals surface area contributed by atoms with Crippen LogP contribution in [0.5, 0.6) is 0 Å². The molecule has 31 heavy (non-hydrogen) atoms. The standard InChI is InChI=1S/C24H24N2O5/c1-15-6-10-17(11-7-15)25-21(27)14-31-24(30)16-8-12-18(13-9-16)26-22(28)19-4-2-3-5-20(19)23(26)29/h2-5,8-9,12-13,15,17H,6-7,10-11,14H2,1H3,(H,25,27). The predicted octanol–water partition coefficient (Wildman–Crippen LogP) is 3.34. The first-order valence-corrected chi connectivity index (χ1v) is 10.5. The minimum Gasteiger partial charge on any atom is -0.452 e. The lowest BCUT2D eigenvalue weighted by Gasteiger charge is -2.26. The summed E-state index contributed by atoms with van der Waals surface area (Å²) in [7, 11) is 0. The Morgan fingerprint density at radius 1 is 0.935 bits per heavy atom. The zero-order chi connectivity index (χ0) is 22.0. The summed E-state index contributed by atoms with van der Waals surface area (Å²) in [5.41, 5.74) is 1.32. The van der Waals surface area contributed by atoms with Crippen molar-refractivity contribution in [3.63, 3.8) is 0 Å². The fourth-order valence-corrected chi connectivity index (χ4v) is 4.06. The van der Waals surface area contributed by atoms with Gasteiger partial charge in [-0.1, -0.05) is 19.1 Å². The van der Waals surface area contributed by atoms with E-state index in [1.807, 2.05) is 0 Å². The lowest BCUT2D eigenvalue weighted by Crippen LogP contribution is -2.39. The van der Waals surface area contributed by atoms with Gasteiger partial charge >= 0.3 is 5.97 Å². The summed E-state index contributed by atoms with van der Waals surface area (Å²) in [5, 5.41) is 2.91. The zero-order valence-corrected chi connectivity index (χ0v) is 17.3. The summed E-state index contributed by atoms with van der Waals surface area (Å²) in [5.74, 6) is -1.06. The number of carbonyl (C=O) groups is 4. The smallest absolute Gasteiger partial charge is 0.338 e. The Morgan fingerprint density at radius 3 is 2.10 bits per heavy atom. The summed E-state index contributed by atoms with van der Waals surface area (Å²) in [6.07, 6.45) is 4.06. The van der Waals surface area contributed by atoms with Crippen LogP contribution in [-0.2, 0) is 9.53 Å². The van der Waals surface area contributed by atoms with Crippen LogP contribution in [0.25, 0.3) is 0 Å². The van der Waals surface area contributed by atoms with Gasteiger partial charge in [-0.2, -0.15) is 0 Å². The van der Waals surface area contributed by atoms with Gasteiger partial charge in [0.15, 0.2) is 6.61 Å². The maximum Gasteiger partial charge on any atom is 0.338 e. The molecule has 4 rings (SSSR count). The first-order valence-electron chi connectivity index (χ1n) is 10.5. The topological polar surface area (TPSA) is 92.8 Å². The molecule has 1 fully saturated rings. The van der Waals surface area contributed by atoms with E-state index in [4.69, 9.17) is 4.74 Å². The number of hydrogen-bond donors (Lipinski definition) is 1. The van der Waals surface area contributed by atoms with E-state index >= 15 is 0 Å². The van der Waals surface area contributed by atoms with Gasteiger partial charge in [0.2, 0.25) is 0 Å². The molecule has 1 heterocycles. The van der Waals surface area contributed by atoms with Crippen LogP contribution in [-0.4, -0.2) is 36.3 Å². The van der Waals surface area contributed by atoms with E-state index in [1.165, 1.54) is 24.3 Å². The number of benzene rings is 2. The van der Waals surface area contributed by atoms with Crippen LogP contribution in [0.3, 0.4) is 0 Å². The number of anilines is 1. The molecule has 2 aromatic rings. The fourth-order valence-electron chi connectivity index (χ4n) is 4.06. The average Bonchev–Trinajstić information content (AvgIpc) is 3.04. The van der Waals surface area contributed by atoms with E-state index in [9.17, 15) is 19.2 Å². The van der Waals surface area contributed by atoms with Crippen molar-refractivity contribution in [1.82, 2.24) is 5.32 Å². The van der Waals surface area contributed by atoms with Crippen LogP contribution < -0.4 is 10.2 Å². The number of nitrogens with one attached hydrogen (secondary N) is 1. The summed E-state index contributed by atoms with van der Waals surface area (Å²) in [6.45, 7) is 1.87. The van der Waals surface area contributed by atoms with Crippen LogP contribution in [0.2, 0.25) is 0 Å². The fraction of sp³-hybridized carbons (Fsp3) is 0.333. The van der Waals surface area contributed by atoms with Gasteiger partial charge in [0.1, 0.15) is 0 Å². The molecule has 0 aromatic heterocycles. The summed E-state index contributed by atoms with van der Waals surface area (Å²) in [6, 6.07) is 12.8. The molecule has 160 valence electrons. The highest BCUT2D eigenvalue weighted by atomic mass is 16.5. The van der Waals surface area contributed by atoms with E-state index in [0.29, 0.717) is 22.7 Å². The van der Waals surface area contributed by atoms with E-state index in [1.54, 1.807) is 24.3 Å². The molecule has 1 saturated carbocycles. The molecule has 0 radical (unpaired) electrons. The first kappa shape index (κ1) is 20.8. The lowest BCUT2D eigenvalue weighted by atomic mass is 9.87. The van der Waals surface area contributed by atoms with Gasteiger partial charge < -0.3 is 10.1 Å². The third-order valence-corrected chi connectivity index (χ3v) is 5.87. The average molecular weight is 420 g/mol. The van der Waals surface area contributed by atoms with Crippen LogP contribution in [0.1, 0.15) is 63.7 Å². The van der Waals surface area contributed by atoms with E-state index in [-0.39, 0.29) is 24.1 Å². The van der Waals surface area contributed by atoms with Crippen molar-refractivity contribution in [1.29, 1.82) is 0 Å². The Morgan fingerprint density at radius 2 is 1.52 bits per heavy atom. The zero-order valence-electron chi connectivity index (χ0n) is 17.3. The molecule has 0 unspecified atom stereocenters. The van der Waals surface area contributed by atoms with Gasteiger partial charge in [0.25, 0.3) is 17.7 Å². The minimum absolute atomic E-state index is 0.140. The number of imide groups is 1. The molecule has 1 aliphatic carbocycles. The Labute approximate surface area is 180 Å². The number of ether oxygens (including phenoxy) is 1. The third-order valence-electron chi connectivity index (χ3n) is 5.87. The molecule has 7 nitrogen and oxygen atoms in total. The van der Waals surface area contributed by atoms with Gasteiger partial charge in [-0.05, 0) is 68.0 Å². The molecule has 0 spiro atoms. The molecular formula is C24H24N2O5. The van der Waals surface area contributed by atoms with Crippen molar-refractivity contribution < 1.29 is 23.9 Å². The van der Waals surface area contributed by atoms with E-state index in [2.05, 4.69) is 12.2 Å². The van der Waals surface area contributed by atoms with E-state index < -0.39 is 17.8 Å². The van der Waals surface area contributed by atoms with Crippen LogP contribution in [0, 0.1) is 5.92 Å². The van der Waals surface area contributed by atoms with Gasteiger partial charge in [-0.15, -0.1) is 0 Å². The molecule has 3 amide bonds. The van der Waals surface area contributed by atoms with Crippen molar-refractivity contribution >= 4 is 29.4 Å². The van der Waals surface area contributed by atoms with E-state index in [0.717, 1.165) is 30.6 Å². The van der Waals surface area contributed by atoms with Gasteiger partial charge in [0.05, 0.1) is 22.4 Å². The predicted molar refractivity (Wildman–Crippen MR) is 114 cm³/mol. The van der Waals surface area contributed by atoms with Crippen molar-refractivity contribution in [3.8, 4) is 0 Å². The first-order chi connectivity index (χ1) is 14.9. The Kier molecular flexibility index (Phi) is 5.84. The second-order valence-electron chi connectivity index (χ2n) is 8.14. The largest absolute Gasteiger partial charge is 0.452 e. The highest BCUT2D eigenvalue weighted by Gasteiger charge is 2.36. The highest BCUT2D eigenvalue weighted by Crippen LogP contribution is 2.28. The van der Waals surface area contributed by atoms with Gasteiger partial charge in [0, 0.05) is 6.04 Å². The number of esters is 1. The molecule has 1 N–H and O–H groups in total. The third kappa shape index (κ3) is 4.35. The van der Waals surface area contributed by atoms with Crippen molar-refractivity contribution in [3.05, 3.63) is 65.2 Å². The summed E-state index contributed by atoms with van der Waals surface area (Å²) < 4.78 is 5.11. The molecule has 2 aromatic carbocycles.